The number of benzene rings is 2. The minimum absolute atomic E-state index is 0. The van der Waals surface area contributed by atoms with Gasteiger partial charge in [0.1, 0.15) is 0 Å². The van der Waals surface area contributed by atoms with Gasteiger partial charge in [-0.3, -0.25) is 9.79 Å². The van der Waals surface area contributed by atoms with Crippen LogP contribution in [-0.2, 0) is 13.0 Å². The van der Waals surface area contributed by atoms with Crippen LogP contribution in [-0.4, -0.2) is 63.4 Å². The zero-order chi connectivity index (χ0) is 22.1. The Kier molecular flexibility index (Phi) is 11.6. The Balaban J connectivity index is 0.00000480. The molecule has 31 heavy (non-hydrogen) atoms. The fourth-order valence-electron chi connectivity index (χ4n) is 3.20. The molecule has 0 aliphatic rings. The van der Waals surface area contributed by atoms with Crippen molar-refractivity contribution in [3.8, 4) is 0 Å². The molecule has 2 aromatic carbocycles. The monoisotopic (exact) mass is 537 g/mol. The highest BCUT2D eigenvalue weighted by atomic mass is 127. The van der Waals surface area contributed by atoms with Gasteiger partial charge in [-0.25, -0.2) is 0 Å². The topological polar surface area (TPSA) is 60.0 Å². The van der Waals surface area contributed by atoms with Crippen LogP contribution in [0.25, 0.3) is 0 Å². The van der Waals surface area contributed by atoms with Crippen molar-refractivity contribution in [2.75, 3.05) is 41.8 Å². The van der Waals surface area contributed by atoms with Crippen LogP contribution >= 0.6 is 24.0 Å². The summed E-state index contributed by atoms with van der Waals surface area (Å²) in [6.07, 6.45) is 1.05. The summed E-state index contributed by atoms with van der Waals surface area (Å²) in [5.74, 6) is 0.758. The molecule has 0 aromatic heterocycles. The highest BCUT2D eigenvalue weighted by molar-refractivity contribution is 14.0. The van der Waals surface area contributed by atoms with Crippen LogP contribution < -0.4 is 10.6 Å². The maximum absolute atomic E-state index is 12.0. The Morgan fingerprint density at radius 3 is 2.00 bits per heavy atom. The predicted molar refractivity (Wildman–Crippen MR) is 140 cm³/mol. The normalized spacial score (nSPS) is 12.2. The van der Waals surface area contributed by atoms with Crippen LogP contribution in [0.1, 0.15) is 40.0 Å². The van der Waals surface area contributed by atoms with E-state index in [9.17, 15) is 4.79 Å². The molecule has 6 nitrogen and oxygen atoms in total. The van der Waals surface area contributed by atoms with Crippen LogP contribution in [0.5, 0.6) is 0 Å². The molecule has 0 heterocycles. The number of hydrogen-bond acceptors (Lipinski definition) is 3. The smallest absolute Gasteiger partial charge is 0.253 e. The zero-order valence-electron chi connectivity index (χ0n) is 19.5. The molecule has 170 valence electrons. The van der Waals surface area contributed by atoms with Gasteiger partial charge in [0.05, 0.1) is 6.04 Å². The molecule has 1 unspecified atom stereocenters. The van der Waals surface area contributed by atoms with Gasteiger partial charge in [0.25, 0.3) is 5.91 Å². The molecule has 7 heteroatoms. The second-order valence-corrected chi connectivity index (χ2v) is 7.78. The van der Waals surface area contributed by atoms with Crippen molar-refractivity contribution >= 4 is 35.8 Å². The molecule has 0 saturated carbocycles. The third-order valence-corrected chi connectivity index (χ3v) is 5.15. The summed E-state index contributed by atoms with van der Waals surface area (Å²) in [5.41, 5.74) is 4.41. The van der Waals surface area contributed by atoms with Crippen molar-refractivity contribution in [2.24, 2.45) is 4.99 Å². The first-order chi connectivity index (χ1) is 14.3. The first kappa shape index (κ1) is 26.9. The summed E-state index contributed by atoms with van der Waals surface area (Å²) in [6, 6.07) is 16.7. The number of halogens is 1. The minimum Gasteiger partial charge on any atom is -0.354 e. The second kappa shape index (κ2) is 13.3. The van der Waals surface area contributed by atoms with Crippen LogP contribution in [0.2, 0.25) is 0 Å². The lowest BCUT2D eigenvalue weighted by Crippen LogP contribution is -2.41. The van der Waals surface area contributed by atoms with Gasteiger partial charge in [-0.2, -0.15) is 0 Å². The highest BCUT2D eigenvalue weighted by Gasteiger charge is 2.15. The average molecular weight is 537 g/mol. The molecule has 2 rings (SSSR count). The van der Waals surface area contributed by atoms with Gasteiger partial charge in [-0.15, -0.1) is 24.0 Å². The number of carbonyl (C=O) groups is 1. The van der Waals surface area contributed by atoms with Gasteiger partial charge in [0.2, 0.25) is 0 Å². The molecular weight excluding hydrogens is 501 g/mol. The van der Waals surface area contributed by atoms with Gasteiger partial charge < -0.3 is 20.4 Å². The number of likely N-dealkylation sites (N-methyl/N-ethyl adjacent to an activating group) is 1. The molecule has 0 bridgehead atoms. The van der Waals surface area contributed by atoms with Crippen LogP contribution in [0.3, 0.4) is 0 Å². The number of aliphatic imine (C=N–C) groups is 1. The fraction of sp³-hybridized carbons (Fsp3) is 0.417. The standard InChI is InChI=1S/C24H35N5O.HI/c1-7-18-8-12-20(13-9-18)22(28(3)4)17-27-24(25-2)26-16-19-10-14-21(15-11-19)23(30)29(5)6;/h8-15,22H,7,16-17H2,1-6H3,(H2,25,26,27);1H. The van der Waals surface area contributed by atoms with Crippen LogP contribution in [0.4, 0.5) is 0 Å². The molecule has 1 amide bonds. The van der Waals surface area contributed by atoms with Gasteiger partial charge >= 0.3 is 0 Å². The van der Waals surface area contributed by atoms with Gasteiger partial charge in [-0.05, 0) is 49.3 Å². The second-order valence-electron chi connectivity index (χ2n) is 7.78. The van der Waals surface area contributed by atoms with Crippen molar-refractivity contribution in [1.82, 2.24) is 20.4 Å². The Hall–Kier alpha value is -2.13. The summed E-state index contributed by atoms with van der Waals surface area (Å²) in [6.45, 7) is 3.55. The van der Waals surface area contributed by atoms with Crippen molar-refractivity contribution in [3.63, 3.8) is 0 Å². The van der Waals surface area contributed by atoms with Crippen molar-refractivity contribution in [2.45, 2.75) is 25.9 Å². The maximum Gasteiger partial charge on any atom is 0.253 e. The van der Waals surface area contributed by atoms with Gasteiger partial charge in [0.15, 0.2) is 5.96 Å². The lowest BCUT2D eigenvalue weighted by Gasteiger charge is -2.26. The summed E-state index contributed by atoms with van der Waals surface area (Å²) < 4.78 is 0. The molecule has 0 radical (unpaired) electrons. The Morgan fingerprint density at radius 1 is 0.935 bits per heavy atom. The molecule has 0 fully saturated rings. The Morgan fingerprint density at radius 2 is 1.52 bits per heavy atom. The zero-order valence-corrected chi connectivity index (χ0v) is 21.8. The minimum atomic E-state index is 0. The molecule has 0 saturated heterocycles. The lowest BCUT2D eigenvalue weighted by atomic mass is 10.0. The largest absolute Gasteiger partial charge is 0.354 e. The number of guanidine groups is 1. The average Bonchev–Trinajstić information content (AvgIpc) is 2.76. The maximum atomic E-state index is 12.0. The number of carbonyl (C=O) groups excluding carboxylic acids is 1. The summed E-state index contributed by atoms with van der Waals surface area (Å²) in [4.78, 5) is 20.1. The molecular formula is C24H36IN5O. The molecule has 0 aliphatic heterocycles. The predicted octanol–water partition coefficient (Wildman–Crippen LogP) is 3.54. The quantitative estimate of drug-likeness (QED) is 0.308. The van der Waals surface area contributed by atoms with Crippen molar-refractivity contribution in [1.29, 1.82) is 0 Å². The first-order valence-electron chi connectivity index (χ1n) is 10.4. The third kappa shape index (κ3) is 8.14. The number of nitrogens with zero attached hydrogens (tertiary/aromatic N) is 3. The van der Waals surface area contributed by atoms with Crippen molar-refractivity contribution in [3.05, 3.63) is 70.8 Å². The van der Waals surface area contributed by atoms with E-state index < -0.39 is 0 Å². The highest BCUT2D eigenvalue weighted by Crippen LogP contribution is 2.18. The van der Waals surface area contributed by atoms with E-state index in [1.54, 1.807) is 26.0 Å². The fourth-order valence-corrected chi connectivity index (χ4v) is 3.20. The number of rotatable bonds is 8. The Bertz CT molecular complexity index is 832. The van der Waals surface area contributed by atoms with Crippen LogP contribution in [0.15, 0.2) is 53.5 Å². The summed E-state index contributed by atoms with van der Waals surface area (Å²) >= 11 is 0. The van der Waals surface area contributed by atoms with E-state index in [1.807, 2.05) is 24.3 Å². The number of aryl methyl sites for hydroxylation is 1. The molecule has 1 atom stereocenters. The van der Waals surface area contributed by atoms with Crippen molar-refractivity contribution < 1.29 is 4.79 Å². The van der Waals surface area contributed by atoms with Gasteiger partial charge in [-0.1, -0.05) is 43.3 Å². The van der Waals surface area contributed by atoms with Crippen LogP contribution in [0, 0.1) is 0 Å². The first-order valence-corrected chi connectivity index (χ1v) is 10.4. The SMILES string of the molecule is CCc1ccc(C(CNC(=NC)NCc2ccc(C(=O)N(C)C)cc2)N(C)C)cc1.I. The third-order valence-electron chi connectivity index (χ3n) is 5.15. The molecule has 2 aromatic rings. The Labute approximate surface area is 204 Å². The number of amides is 1. The molecule has 2 N–H and O–H groups in total. The number of nitrogens with one attached hydrogen (secondary N) is 2. The summed E-state index contributed by atoms with van der Waals surface area (Å²) in [5, 5.41) is 6.78. The van der Waals surface area contributed by atoms with E-state index in [0.29, 0.717) is 12.1 Å². The summed E-state index contributed by atoms with van der Waals surface area (Å²) in [7, 11) is 9.47. The van der Waals surface area contributed by atoms with E-state index in [-0.39, 0.29) is 35.9 Å². The molecule has 0 spiro atoms. The van der Waals surface area contributed by atoms with E-state index in [0.717, 1.165) is 24.5 Å². The van der Waals surface area contributed by atoms with E-state index >= 15 is 0 Å². The lowest BCUT2D eigenvalue weighted by molar-refractivity contribution is 0.0827. The number of hydrogen-bond donors (Lipinski definition) is 2. The van der Waals surface area contributed by atoms with Gasteiger partial charge in [0, 0.05) is 39.8 Å². The molecule has 0 aliphatic carbocycles. The van der Waals surface area contributed by atoms with E-state index in [1.165, 1.54) is 11.1 Å². The van der Waals surface area contributed by atoms with E-state index in [4.69, 9.17) is 0 Å². The van der Waals surface area contributed by atoms with E-state index in [2.05, 4.69) is 65.8 Å².